The second-order valence-corrected chi connectivity index (χ2v) is 8.09. The van der Waals surface area contributed by atoms with Gasteiger partial charge in [0.1, 0.15) is 17.3 Å². The van der Waals surface area contributed by atoms with Gasteiger partial charge < -0.3 is 19.1 Å². The molecule has 8 heteroatoms. The first-order chi connectivity index (χ1) is 16.0. The average molecular weight is 456 g/mol. The van der Waals surface area contributed by atoms with Crippen molar-refractivity contribution in [2.24, 2.45) is 0 Å². The molecule has 1 aliphatic rings. The highest BCUT2D eigenvalue weighted by molar-refractivity contribution is 5.94. The third-order valence-electron chi connectivity index (χ3n) is 6.00. The number of ether oxygens (including phenoxy) is 1. The summed E-state index contributed by atoms with van der Waals surface area (Å²) in [6.45, 7) is 6.40. The number of anilines is 1. The highest BCUT2D eigenvalue weighted by Gasteiger charge is 2.30. The van der Waals surface area contributed by atoms with E-state index in [2.05, 4.69) is 5.16 Å². The van der Waals surface area contributed by atoms with E-state index in [0.717, 1.165) is 0 Å². The molecule has 1 aliphatic heterocycles. The summed E-state index contributed by atoms with van der Waals surface area (Å²) in [6, 6.07) is 11.7. The number of aromatic nitrogens is 1. The van der Waals surface area contributed by atoms with E-state index < -0.39 is 11.6 Å². The number of hydrogen-bond acceptors (Lipinski definition) is 5. The third-order valence-corrected chi connectivity index (χ3v) is 6.00. The summed E-state index contributed by atoms with van der Waals surface area (Å²) in [7, 11) is 0. The fraction of sp³-hybridized carbons (Fsp3) is 0.360. The monoisotopic (exact) mass is 455 g/mol. The van der Waals surface area contributed by atoms with Crippen LogP contribution in [0.1, 0.15) is 36.2 Å². The molecule has 1 amide bonds. The number of halogens is 2. The summed E-state index contributed by atoms with van der Waals surface area (Å²) < 4.78 is 39.3. The quantitative estimate of drug-likeness (QED) is 0.507. The van der Waals surface area contributed by atoms with Crippen molar-refractivity contribution in [2.75, 3.05) is 31.2 Å². The van der Waals surface area contributed by atoms with E-state index in [1.54, 1.807) is 23.1 Å². The van der Waals surface area contributed by atoms with Crippen molar-refractivity contribution < 1.29 is 22.8 Å². The highest BCUT2D eigenvalue weighted by atomic mass is 19.1. The molecule has 0 radical (unpaired) electrons. The van der Waals surface area contributed by atoms with Gasteiger partial charge in [-0.15, -0.1) is 0 Å². The Kier molecular flexibility index (Phi) is 7.03. The van der Waals surface area contributed by atoms with Crippen LogP contribution >= 0.6 is 0 Å². The molecule has 174 valence electrons. The minimum Gasteiger partial charge on any atom is -0.378 e. The smallest absolute Gasteiger partial charge is 0.254 e. The van der Waals surface area contributed by atoms with Crippen LogP contribution in [0.2, 0.25) is 0 Å². The number of hydrogen-bond donors (Lipinski definition) is 0. The average Bonchev–Trinajstić information content (AvgIpc) is 3.26. The molecule has 1 saturated heterocycles. The molecule has 3 aromatic rings. The maximum Gasteiger partial charge on any atom is 0.254 e. The molecular weight excluding hydrogens is 428 g/mol. The van der Waals surface area contributed by atoms with Gasteiger partial charge in [-0.3, -0.25) is 4.79 Å². The van der Waals surface area contributed by atoms with E-state index in [1.807, 2.05) is 18.7 Å². The van der Waals surface area contributed by atoms with Crippen LogP contribution in [0.3, 0.4) is 0 Å². The normalized spacial score (nSPS) is 14.8. The molecule has 0 unspecified atom stereocenters. The summed E-state index contributed by atoms with van der Waals surface area (Å²) in [5, 5.41) is 4.22. The zero-order valence-corrected chi connectivity index (χ0v) is 18.8. The third kappa shape index (κ3) is 4.90. The van der Waals surface area contributed by atoms with Crippen LogP contribution < -0.4 is 4.90 Å². The fourth-order valence-corrected chi connectivity index (χ4v) is 3.90. The zero-order chi connectivity index (χ0) is 23.4. The molecule has 1 aromatic heterocycles. The Labute approximate surface area is 191 Å². The van der Waals surface area contributed by atoms with Gasteiger partial charge >= 0.3 is 0 Å². The van der Waals surface area contributed by atoms with Crippen molar-refractivity contribution >= 4 is 11.8 Å². The molecule has 0 N–H and O–H groups in total. The van der Waals surface area contributed by atoms with Crippen molar-refractivity contribution in [3.8, 4) is 11.3 Å². The van der Waals surface area contributed by atoms with Crippen LogP contribution in [0.4, 0.5) is 14.7 Å². The molecule has 0 spiro atoms. The lowest BCUT2D eigenvalue weighted by Crippen LogP contribution is -2.39. The molecule has 0 bridgehead atoms. The van der Waals surface area contributed by atoms with Crippen LogP contribution in [0.15, 0.2) is 53.1 Å². The van der Waals surface area contributed by atoms with E-state index >= 15 is 0 Å². The number of carbonyl (C=O) groups is 1. The predicted molar refractivity (Wildman–Crippen MR) is 121 cm³/mol. The summed E-state index contributed by atoms with van der Waals surface area (Å²) in [6.07, 6.45) is 0.708. The summed E-state index contributed by atoms with van der Waals surface area (Å²) >= 11 is 0. The molecular formula is C25H27F2N3O3. The molecule has 4 rings (SSSR count). The lowest BCUT2D eigenvalue weighted by atomic mass is 10.0. The lowest BCUT2D eigenvalue weighted by Gasteiger charge is -2.31. The molecule has 1 atom stereocenters. The number of benzene rings is 2. The molecule has 1 fully saturated rings. The zero-order valence-electron chi connectivity index (χ0n) is 18.8. The number of amides is 1. The van der Waals surface area contributed by atoms with E-state index in [0.29, 0.717) is 61.0 Å². The minimum atomic E-state index is -0.416. The van der Waals surface area contributed by atoms with E-state index in [9.17, 15) is 13.6 Å². The highest BCUT2D eigenvalue weighted by Crippen LogP contribution is 2.35. The van der Waals surface area contributed by atoms with Crippen molar-refractivity contribution in [1.29, 1.82) is 0 Å². The molecule has 2 heterocycles. The molecule has 6 nitrogen and oxygen atoms in total. The van der Waals surface area contributed by atoms with Gasteiger partial charge in [-0.2, -0.15) is 0 Å². The predicted octanol–water partition coefficient (Wildman–Crippen LogP) is 4.90. The van der Waals surface area contributed by atoms with E-state index in [-0.39, 0.29) is 18.5 Å². The van der Waals surface area contributed by atoms with Crippen LogP contribution in [0, 0.1) is 11.6 Å². The van der Waals surface area contributed by atoms with Gasteiger partial charge in [0.2, 0.25) is 5.88 Å². The Morgan fingerprint density at radius 3 is 2.48 bits per heavy atom. The van der Waals surface area contributed by atoms with Gasteiger partial charge in [0, 0.05) is 30.3 Å². The molecule has 0 saturated carbocycles. The molecule has 33 heavy (non-hydrogen) atoms. The van der Waals surface area contributed by atoms with Crippen LogP contribution in [0.25, 0.3) is 11.3 Å². The Hall–Kier alpha value is -3.26. The van der Waals surface area contributed by atoms with Crippen LogP contribution in [-0.4, -0.2) is 48.3 Å². The Bertz CT molecular complexity index is 1090. The number of nitrogens with zero attached hydrogens (tertiary/aromatic N) is 3. The summed E-state index contributed by atoms with van der Waals surface area (Å²) in [5.41, 5.74) is 1.70. The molecule has 2 aromatic carbocycles. The SMILES string of the molecule is CC[C@H](C)N(Cc1c(-c2ccccc2F)noc1N1CCOCC1)C(=O)c1ccc(F)cc1. The number of rotatable bonds is 7. The van der Waals surface area contributed by atoms with E-state index in [4.69, 9.17) is 9.26 Å². The van der Waals surface area contributed by atoms with Crippen LogP contribution in [-0.2, 0) is 11.3 Å². The van der Waals surface area contributed by atoms with Crippen molar-refractivity contribution in [1.82, 2.24) is 10.1 Å². The largest absolute Gasteiger partial charge is 0.378 e. The topological polar surface area (TPSA) is 58.8 Å². The second kappa shape index (κ2) is 10.1. The standard InChI is InChI=1S/C25H27F2N3O3/c1-3-17(2)30(24(31)18-8-10-19(26)11-9-18)16-21-23(20-6-4-5-7-22(20)27)28-33-25(21)29-12-14-32-15-13-29/h4-11,17H,3,12-16H2,1-2H3/t17-/m0/s1. The van der Waals surface area contributed by atoms with E-state index in [1.165, 1.54) is 30.3 Å². The molecule has 0 aliphatic carbocycles. The minimum absolute atomic E-state index is 0.122. The van der Waals surface area contributed by atoms with Gasteiger partial charge in [-0.25, -0.2) is 8.78 Å². The van der Waals surface area contributed by atoms with Gasteiger partial charge in [0.25, 0.3) is 5.91 Å². The second-order valence-electron chi connectivity index (χ2n) is 8.09. The maximum atomic E-state index is 14.7. The first-order valence-electron chi connectivity index (χ1n) is 11.1. The Morgan fingerprint density at radius 1 is 1.12 bits per heavy atom. The maximum absolute atomic E-state index is 14.7. The summed E-state index contributed by atoms with van der Waals surface area (Å²) in [5.74, 6) is -0.549. The van der Waals surface area contributed by atoms with Gasteiger partial charge in [-0.05, 0) is 49.7 Å². The first kappa shape index (κ1) is 22.9. The van der Waals surface area contributed by atoms with Crippen molar-refractivity contribution in [2.45, 2.75) is 32.9 Å². The van der Waals surface area contributed by atoms with Gasteiger partial charge in [-0.1, -0.05) is 24.2 Å². The number of morpholine rings is 1. The van der Waals surface area contributed by atoms with Gasteiger partial charge in [0.05, 0.1) is 25.3 Å². The lowest BCUT2D eigenvalue weighted by molar-refractivity contribution is 0.0671. The Morgan fingerprint density at radius 2 is 1.82 bits per heavy atom. The van der Waals surface area contributed by atoms with Crippen molar-refractivity contribution in [3.05, 3.63) is 71.3 Å². The first-order valence-corrected chi connectivity index (χ1v) is 11.1. The van der Waals surface area contributed by atoms with Crippen LogP contribution in [0.5, 0.6) is 0 Å². The van der Waals surface area contributed by atoms with Gasteiger partial charge in [0.15, 0.2) is 0 Å². The van der Waals surface area contributed by atoms with Crippen molar-refractivity contribution in [3.63, 3.8) is 0 Å². The Balaban J connectivity index is 1.76. The number of carbonyl (C=O) groups excluding carboxylic acids is 1. The fourth-order valence-electron chi connectivity index (χ4n) is 3.90. The summed E-state index contributed by atoms with van der Waals surface area (Å²) in [4.78, 5) is 17.1.